The molecule has 2 atom stereocenters. The summed E-state index contributed by atoms with van der Waals surface area (Å²) in [4.78, 5) is 0. The molecule has 22 heavy (non-hydrogen) atoms. The molecule has 0 aromatic heterocycles. The topological polar surface area (TPSA) is 60.7 Å². The summed E-state index contributed by atoms with van der Waals surface area (Å²) in [6.45, 7) is 8.13. The second-order valence-corrected chi connectivity index (χ2v) is 6.30. The maximum atomic E-state index is 10.4. The quantitative estimate of drug-likeness (QED) is 0.719. The van der Waals surface area contributed by atoms with Crippen molar-refractivity contribution >= 4 is 0 Å². The number of phenols is 2. The SMILES string of the molecule is C=C(C)[C@H]1CCC(CO)=CC1c1c(O)cc(CCC)cc1O. The third-order valence-corrected chi connectivity index (χ3v) is 4.53. The average molecular weight is 302 g/mol. The molecule has 3 heteroatoms. The van der Waals surface area contributed by atoms with Crippen molar-refractivity contribution in [1.29, 1.82) is 0 Å². The first-order valence-corrected chi connectivity index (χ1v) is 7.98. The molecule has 0 aliphatic heterocycles. The highest BCUT2D eigenvalue weighted by Gasteiger charge is 2.30. The number of phenolic OH excluding ortho intramolecular Hbond substituents is 2. The number of rotatable bonds is 5. The molecule has 1 aliphatic carbocycles. The van der Waals surface area contributed by atoms with Crippen LogP contribution in [0.25, 0.3) is 0 Å². The van der Waals surface area contributed by atoms with Crippen LogP contribution >= 0.6 is 0 Å². The number of allylic oxidation sites excluding steroid dienone is 2. The Morgan fingerprint density at radius 1 is 1.27 bits per heavy atom. The van der Waals surface area contributed by atoms with Crippen molar-refractivity contribution in [2.24, 2.45) is 5.92 Å². The molecule has 1 unspecified atom stereocenters. The van der Waals surface area contributed by atoms with E-state index in [0.717, 1.165) is 42.4 Å². The van der Waals surface area contributed by atoms with Crippen LogP contribution in [0.2, 0.25) is 0 Å². The van der Waals surface area contributed by atoms with E-state index >= 15 is 0 Å². The van der Waals surface area contributed by atoms with Gasteiger partial charge in [-0.15, -0.1) is 0 Å². The lowest BCUT2D eigenvalue weighted by molar-refractivity contribution is 0.314. The van der Waals surface area contributed by atoms with Gasteiger partial charge in [-0.05, 0) is 55.4 Å². The Balaban J connectivity index is 2.48. The Bertz CT molecular complexity index is 563. The van der Waals surface area contributed by atoms with Crippen molar-refractivity contribution in [2.75, 3.05) is 6.61 Å². The van der Waals surface area contributed by atoms with Crippen LogP contribution in [-0.2, 0) is 6.42 Å². The minimum Gasteiger partial charge on any atom is -0.507 e. The first-order chi connectivity index (χ1) is 10.5. The number of aliphatic hydroxyl groups is 1. The zero-order valence-corrected chi connectivity index (χ0v) is 13.5. The molecule has 0 saturated heterocycles. The Morgan fingerprint density at radius 3 is 2.41 bits per heavy atom. The van der Waals surface area contributed by atoms with Crippen molar-refractivity contribution < 1.29 is 15.3 Å². The lowest BCUT2D eigenvalue weighted by Crippen LogP contribution is -2.18. The lowest BCUT2D eigenvalue weighted by atomic mass is 9.73. The number of aromatic hydroxyl groups is 2. The molecule has 3 N–H and O–H groups in total. The molecule has 0 heterocycles. The van der Waals surface area contributed by atoms with E-state index < -0.39 is 0 Å². The smallest absolute Gasteiger partial charge is 0.123 e. The molecular formula is C19H26O3. The standard InChI is InChI=1S/C19H26O3/c1-4-5-13-9-17(21)19(18(22)10-13)16-8-14(11-20)6-7-15(16)12(2)3/h8-10,15-16,20-22H,2,4-7,11H2,1,3H3/t15-,16?/m1/s1. The molecule has 1 aliphatic rings. The zero-order chi connectivity index (χ0) is 16.3. The van der Waals surface area contributed by atoms with E-state index in [9.17, 15) is 15.3 Å². The van der Waals surface area contributed by atoms with Crippen LogP contribution in [0.1, 0.15) is 50.2 Å². The van der Waals surface area contributed by atoms with Gasteiger partial charge >= 0.3 is 0 Å². The van der Waals surface area contributed by atoms with E-state index in [2.05, 4.69) is 13.5 Å². The fourth-order valence-electron chi connectivity index (χ4n) is 3.40. The van der Waals surface area contributed by atoms with Crippen molar-refractivity contribution in [1.82, 2.24) is 0 Å². The molecule has 0 saturated carbocycles. The van der Waals surface area contributed by atoms with Crippen LogP contribution in [0, 0.1) is 5.92 Å². The summed E-state index contributed by atoms with van der Waals surface area (Å²) in [5.41, 5.74) is 3.49. The molecule has 0 spiro atoms. The summed E-state index contributed by atoms with van der Waals surface area (Å²) in [5.74, 6) is 0.304. The first kappa shape index (κ1) is 16.6. The number of hydrogen-bond acceptors (Lipinski definition) is 3. The molecular weight excluding hydrogens is 276 g/mol. The normalized spacial score (nSPS) is 21.5. The molecule has 1 aromatic rings. The predicted octanol–water partition coefficient (Wildman–Crippen LogP) is 4.04. The van der Waals surface area contributed by atoms with Gasteiger partial charge in [0, 0.05) is 11.5 Å². The number of aliphatic hydroxyl groups excluding tert-OH is 1. The molecule has 3 nitrogen and oxygen atoms in total. The van der Waals surface area contributed by atoms with E-state index in [1.54, 1.807) is 12.1 Å². The third-order valence-electron chi connectivity index (χ3n) is 4.53. The maximum absolute atomic E-state index is 10.4. The summed E-state index contributed by atoms with van der Waals surface area (Å²) >= 11 is 0. The van der Waals surface area contributed by atoms with Gasteiger partial charge in [-0.1, -0.05) is 31.6 Å². The first-order valence-electron chi connectivity index (χ1n) is 7.98. The van der Waals surface area contributed by atoms with Crippen LogP contribution in [-0.4, -0.2) is 21.9 Å². The Kier molecular flexibility index (Phi) is 5.30. The predicted molar refractivity (Wildman–Crippen MR) is 89.2 cm³/mol. The van der Waals surface area contributed by atoms with Gasteiger partial charge in [0.15, 0.2) is 0 Å². The Hall–Kier alpha value is -1.74. The van der Waals surface area contributed by atoms with Crippen molar-refractivity contribution in [3.05, 3.63) is 47.1 Å². The highest BCUT2D eigenvalue weighted by Crippen LogP contribution is 2.46. The Morgan fingerprint density at radius 2 is 1.91 bits per heavy atom. The van der Waals surface area contributed by atoms with Gasteiger partial charge < -0.3 is 15.3 Å². The second-order valence-electron chi connectivity index (χ2n) is 6.30. The van der Waals surface area contributed by atoms with E-state index in [1.165, 1.54) is 0 Å². The number of hydrogen-bond donors (Lipinski definition) is 3. The van der Waals surface area contributed by atoms with E-state index in [-0.39, 0.29) is 29.9 Å². The minimum absolute atomic E-state index is 0.0227. The molecule has 0 bridgehead atoms. The highest BCUT2D eigenvalue weighted by molar-refractivity contribution is 5.51. The number of benzene rings is 1. The lowest BCUT2D eigenvalue weighted by Gasteiger charge is -2.31. The van der Waals surface area contributed by atoms with Crippen LogP contribution in [0.3, 0.4) is 0 Å². The van der Waals surface area contributed by atoms with Gasteiger partial charge in [0.2, 0.25) is 0 Å². The average Bonchev–Trinajstić information content (AvgIpc) is 2.46. The largest absolute Gasteiger partial charge is 0.507 e. The monoisotopic (exact) mass is 302 g/mol. The second kappa shape index (κ2) is 7.01. The van der Waals surface area contributed by atoms with E-state index in [1.807, 2.05) is 13.0 Å². The molecule has 0 radical (unpaired) electrons. The van der Waals surface area contributed by atoms with Crippen molar-refractivity contribution in [3.63, 3.8) is 0 Å². The van der Waals surface area contributed by atoms with Crippen LogP contribution in [0.15, 0.2) is 35.9 Å². The zero-order valence-electron chi connectivity index (χ0n) is 13.5. The molecule has 2 rings (SSSR count). The van der Waals surface area contributed by atoms with Crippen LogP contribution < -0.4 is 0 Å². The molecule has 120 valence electrons. The van der Waals surface area contributed by atoms with Gasteiger partial charge in [0.1, 0.15) is 11.5 Å². The summed E-state index contributed by atoms with van der Waals surface area (Å²) in [7, 11) is 0. The molecule has 0 fully saturated rings. The van der Waals surface area contributed by atoms with Crippen LogP contribution in [0.4, 0.5) is 0 Å². The number of aryl methyl sites for hydroxylation is 1. The fourth-order valence-corrected chi connectivity index (χ4v) is 3.40. The Labute approximate surface area is 132 Å². The summed E-state index contributed by atoms with van der Waals surface area (Å²) in [6.07, 6.45) is 5.48. The minimum atomic E-state index is -0.135. The van der Waals surface area contributed by atoms with Gasteiger partial charge in [0.05, 0.1) is 6.61 Å². The summed E-state index contributed by atoms with van der Waals surface area (Å²) in [6, 6.07) is 3.49. The maximum Gasteiger partial charge on any atom is 0.123 e. The fraction of sp³-hybridized carbons (Fsp3) is 0.474. The van der Waals surface area contributed by atoms with Gasteiger partial charge in [-0.25, -0.2) is 0 Å². The van der Waals surface area contributed by atoms with Crippen molar-refractivity contribution in [2.45, 2.75) is 45.4 Å². The summed E-state index contributed by atoms with van der Waals surface area (Å²) < 4.78 is 0. The van der Waals surface area contributed by atoms with Gasteiger partial charge in [-0.2, -0.15) is 0 Å². The third kappa shape index (κ3) is 3.36. The van der Waals surface area contributed by atoms with E-state index in [0.29, 0.717) is 5.56 Å². The molecule has 0 amide bonds. The highest BCUT2D eigenvalue weighted by atomic mass is 16.3. The van der Waals surface area contributed by atoms with E-state index in [4.69, 9.17) is 0 Å². The van der Waals surface area contributed by atoms with Gasteiger partial charge in [-0.3, -0.25) is 0 Å². The van der Waals surface area contributed by atoms with Gasteiger partial charge in [0.25, 0.3) is 0 Å². The van der Waals surface area contributed by atoms with Crippen LogP contribution in [0.5, 0.6) is 11.5 Å². The molecule has 1 aromatic carbocycles. The van der Waals surface area contributed by atoms with Crippen molar-refractivity contribution in [3.8, 4) is 11.5 Å². The summed E-state index contributed by atoms with van der Waals surface area (Å²) in [5, 5.41) is 30.3.